The van der Waals surface area contributed by atoms with Gasteiger partial charge in [0.1, 0.15) is 19.0 Å². The van der Waals surface area contributed by atoms with E-state index in [0.29, 0.717) is 22.8 Å². The van der Waals surface area contributed by atoms with E-state index in [4.69, 9.17) is 24.4 Å². The van der Waals surface area contributed by atoms with E-state index in [1.807, 2.05) is 31.2 Å². The molecular weight excluding hydrogens is 520 g/mol. The molecule has 0 atom stereocenters. The van der Waals surface area contributed by atoms with Crippen LogP contribution in [0.15, 0.2) is 52.1 Å². The van der Waals surface area contributed by atoms with Gasteiger partial charge in [-0.1, -0.05) is 17.7 Å². The van der Waals surface area contributed by atoms with Gasteiger partial charge in [-0.15, -0.1) is 5.10 Å². The third-order valence-corrected chi connectivity index (χ3v) is 7.74. The van der Waals surface area contributed by atoms with Crippen molar-refractivity contribution in [1.82, 2.24) is 5.01 Å². The standard InChI is InChI=1S/C24H24N4O7S2/c1-14-5-7-16(8-6-14)34-9-10-35-20-18(32-2)12-15(13-19(20)33-3)11-17-21(25)28-23(26-22(17)29)36-24(27-28)37(4,30)31/h5-8,11-13,25H,9-10H2,1-4H3/b17-11+,25-21?. The fraction of sp³-hybridized carbons (Fsp3) is 0.250. The van der Waals surface area contributed by atoms with Crippen LogP contribution < -0.4 is 18.9 Å². The predicted octanol–water partition coefficient (Wildman–Crippen LogP) is 3.09. The second kappa shape index (κ2) is 10.6. The highest BCUT2D eigenvalue weighted by Crippen LogP contribution is 2.39. The van der Waals surface area contributed by atoms with Crippen LogP contribution in [-0.2, 0) is 14.6 Å². The highest BCUT2D eigenvalue weighted by molar-refractivity contribution is 8.42. The first-order chi connectivity index (χ1) is 17.6. The van der Waals surface area contributed by atoms with Crippen LogP contribution >= 0.6 is 11.8 Å². The number of aryl methyl sites for hydroxylation is 1. The summed E-state index contributed by atoms with van der Waals surface area (Å²) in [5.41, 5.74) is 1.53. The van der Waals surface area contributed by atoms with Crippen LogP contribution in [-0.4, -0.2) is 68.4 Å². The summed E-state index contributed by atoms with van der Waals surface area (Å²) >= 11 is 0.722. The number of hydrogen-bond donors (Lipinski definition) is 1. The lowest BCUT2D eigenvalue weighted by Crippen LogP contribution is -2.35. The van der Waals surface area contributed by atoms with Gasteiger partial charge in [-0.2, -0.15) is 10.0 Å². The minimum atomic E-state index is -3.62. The Labute approximate surface area is 218 Å². The van der Waals surface area contributed by atoms with Crippen molar-refractivity contribution < 1.29 is 32.2 Å². The van der Waals surface area contributed by atoms with Crippen molar-refractivity contribution in [1.29, 1.82) is 5.41 Å². The highest BCUT2D eigenvalue weighted by Gasteiger charge is 2.38. The Bertz CT molecular complexity index is 1420. The van der Waals surface area contributed by atoms with Gasteiger partial charge in [-0.25, -0.2) is 8.42 Å². The number of carbonyl (C=O) groups excluding carboxylic acids is 1. The van der Waals surface area contributed by atoms with Crippen molar-refractivity contribution in [3.05, 3.63) is 53.1 Å². The van der Waals surface area contributed by atoms with E-state index < -0.39 is 15.7 Å². The summed E-state index contributed by atoms with van der Waals surface area (Å²) in [6, 6.07) is 10.9. The Morgan fingerprint density at radius 3 is 2.27 bits per heavy atom. The maximum Gasteiger partial charge on any atom is 0.283 e. The number of hydrogen-bond acceptors (Lipinski definition) is 10. The van der Waals surface area contributed by atoms with Crippen LogP contribution in [0, 0.1) is 12.3 Å². The molecule has 194 valence electrons. The average Bonchev–Trinajstić information content (AvgIpc) is 3.30. The number of fused-ring (bicyclic) bond motifs is 1. The van der Waals surface area contributed by atoms with E-state index in [1.54, 1.807) is 12.1 Å². The number of amides is 1. The zero-order valence-electron chi connectivity index (χ0n) is 20.5. The quantitative estimate of drug-likeness (QED) is 0.392. The smallest absolute Gasteiger partial charge is 0.283 e. The van der Waals surface area contributed by atoms with Gasteiger partial charge in [0.05, 0.1) is 19.8 Å². The number of benzene rings is 2. The van der Waals surface area contributed by atoms with Gasteiger partial charge in [-0.3, -0.25) is 10.2 Å². The summed E-state index contributed by atoms with van der Waals surface area (Å²) in [5, 5.41) is 13.4. The minimum Gasteiger partial charge on any atom is -0.493 e. The van der Waals surface area contributed by atoms with Gasteiger partial charge < -0.3 is 18.9 Å². The van der Waals surface area contributed by atoms with Crippen LogP contribution in [0.3, 0.4) is 0 Å². The monoisotopic (exact) mass is 544 g/mol. The lowest BCUT2D eigenvalue weighted by Gasteiger charge is -2.20. The van der Waals surface area contributed by atoms with Crippen molar-refractivity contribution in [3.63, 3.8) is 0 Å². The molecular formula is C24H24N4O7S2. The lowest BCUT2D eigenvalue weighted by molar-refractivity contribution is -0.114. The van der Waals surface area contributed by atoms with Crippen LogP contribution in [0.1, 0.15) is 11.1 Å². The maximum absolute atomic E-state index is 12.7. The fourth-order valence-corrected chi connectivity index (χ4v) is 5.04. The number of nitrogens with zero attached hydrogens (tertiary/aromatic N) is 3. The number of methoxy groups -OCH3 is 2. The molecule has 11 nitrogen and oxygen atoms in total. The molecule has 2 heterocycles. The zero-order chi connectivity index (χ0) is 26.7. The molecule has 0 fully saturated rings. The molecule has 37 heavy (non-hydrogen) atoms. The summed E-state index contributed by atoms with van der Waals surface area (Å²) in [5.74, 6) is 0.769. The van der Waals surface area contributed by atoms with E-state index >= 15 is 0 Å². The lowest BCUT2D eigenvalue weighted by atomic mass is 10.1. The molecule has 0 unspecified atom stereocenters. The van der Waals surface area contributed by atoms with Crippen molar-refractivity contribution >= 4 is 49.0 Å². The molecule has 1 amide bonds. The predicted molar refractivity (Wildman–Crippen MR) is 142 cm³/mol. The Morgan fingerprint density at radius 1 is 1.05 bits per heavy atom. The minimum absolute atomic E-state index is 0.0133. The van der Waals surface area contributed by atoms with E-state index in [9.17, 15) is 13.2 Å². The molecule has 0 bridgehead atoms. The Balaban J connectivity index is 1.54. The first-order valence-electron chi connectivity index (χ1n) is 10.9. The molecule has 0 saturated carbocycles. The van der Waals surface area contributed by atoms with Crippen LogP contribution in [0.2, 0.25) is 0 Å². The van der Waals surface area contributed by atoms with Gasteiger partial charge in [0.15, 0.2) is 17.3 Å². The molecule has 1 N–H and O–H groups in total. The summed E-state index contributed by atoms with van der Waals surface area (Å²) in [6.07, 6.45) is 2.43. The van der Waals surface area contributed by atoms with Gasteiger partial charge >= 0.3 is 0 Å². The number of thioether (sulfide) groups is 1. The number of ether oxygens (including phenoxy) is 4. The third-order valence-electron chi connectivity index (χ3n) is 5.17. The molecule has 0 spiro atoms. The fourth-order valence-electron chi connectivity index (χ4n) is 3.35. The Hall–Kier alpha value is -3.84. The van der Waals surface area contributed by atoms with Crippen LogP contribution in [0.5, 0.6) is 23.0 Å². The summed E-state index contributed by atoms with van der Waals surface area (Å²) in [4.78, 5) is 16.6. The number of hydrazone groups is 1. The molecule has 13 heteroatoms. The van der Waals surface area contributed by atoms with E-state index in [1.165, 1.54) is 20.3 Å². The van der Waals surface area contributed by atoms with E-state index in [-0.39, 0.29) is 34.2 Å². The Kier molecular flexibility index (Phi) is 7.55. The van der Waals surface area contributed by atoms with E-state index in [0.717, 1.165) is 34.3 Å². The van der Waals surface area contributed by atoms with Gasteiger partial charge in [0.2, 0.25) is 25.1 Å². The van der Waals surface area contributed by atoms with Crippen molar-refractivity contribution in [3.8, 4) is 23.0 Å². The number of sulfone groups is 1. The maximum atomic E-state index is 12.7. The van der Waals surface area contributed by atoms with Crippen LogP contribution in [0.4, 0.5) is 0 Å². The number of rotatable bonds is 8. The molecule has 2 aliphatic rings. The molecule has 0 radical (unpaired) electrons. The summed E-state index contributed by atoms with van der Waals surface area (Å²) < 4.78 is 46.0. The normalized spacial score (nSPS) is 16.3. The number of amidine groups is 2. The first-order valence-corrected chi connectivity index (χ1v) is 13.6. The number of carbonyl (C=O) groups is 1. The second-order valence-electron chi connectivity index (χ2n) is 7.92. The Morgan fingerprint density at radius 2 is 1.68 bits per heavy atom. The molecule has 0 aromatic heterocycles. The number of nitrogens with one attached hydrogen (secondary N) is 1. The summed E-state index contributed by atoms with van der Waals surface area (Å²) in [7, 11) is -0.687. The zero-order valence-corrected chi connectivity index (χ0v) is 22.1. The SMILES string of the molecule is COc1cc(/C=C2\C(=N)N3N=C(S(C)(=O)=O)SC3=NC2=O)cc(OC)c1OCCOc1ccc(C)cc1. The van der Waals surface area contributed by atoms with Crippen molar-refractivity contribution in [2.75, 3.05) is 33.7 Å². The average molecular weight is 545 g/mol. The largest absolute Gasteiger partial charge is 0.493 e. The van der Waals surface area contributed by atoms with E-state index in [2.05, 4.69) is 10.1 Å². The third kappa shape index (κ3) is 5.78. The molecule has 0 aliphatic carbocycles. The second-order valence-corrected chi connectivity index (χ2v) is 11.1. The van der Waals surface area contributed by atoms with Crippen LogP contribution in [0.25, 0.3) is 6.08 Å². The first kappa shape index (κ1) is 26.2. The number of aliphatic imine (C=N–C) groups is 1. The molecule has 2 aromatic rings. The molecule has 0 saturated heterocycles. The summed E-state index contributed by atoms with van der Waals surface area (Å²) in [6.45, 7) is 2.50. The molecule has 2 aromatic carbocycles. The molecule has 2 aliphatic heterocycles. The highest BCUT2D eigenvalue weighted by atomic mass is 32.3. The van der Waals surface area contributed by atoms with Crippen molar-refractivity contribution in [2.45, 2.75) is 6.92 Å². The van der Waals surface area contributed by atoms with Gasteiger partial charge in [0, 0.05) is 6.26 Å². The van der Waals surface area contributed by atoms with Crippen molar-refractivity contribution in [2.24, 2.45) is 10.1 Å². The van der Waals surface area contributed by atoms with Gasteiger partial charge in [-0.05, 0) is 54.6 Å². The topological polar surface area (TPSA) is 140 Å². The molecule has 4 rings (SSSR count). The van der Waals surface area contributed by atoms with Gasteiger partial charge in [0.25, 0.3) is 5.91 Å².